The average Bonchev–Trinajstić information content (AvgIpc) is 3.01. The minimum Gasteiger partial charge on any atom is -0.497 e. The Hall–Kier alpha value is -2.26. The molecule has 140 valence electrons. The zero-order valence-corrected chi connectivity index (χ0v) is 16.4. The number of carbonyl (C=O) groups is 2. The van der Waals surface area contributed by atoms with Gasteiger partial charge in [-0.05, 0) is 35.1 Å². The molecule has 0 aliphatic heterocycles. The number of rotatable bonds is 8. The number of amides is 2. The third kappa shape index (κ3) is 5.63. The number of hydrogen-bond acceptors (Lipinski definition) is 6. The summed E-state index contributed by atoms with van der Waals surface area (Å²) in [6, 6.07) is 7.10. The smallest absolute Gasteiger partial charge is 0.341 e. The summed E-state index contributed by atoms with van der Waals surface area (Å²) in [5.41, 5.74) is 1.01. The van der Waals surface area contributed by atoms with Crippen LogP contribution in [0.25, 0.3) is 0 Å². The van der Waals surface area contributed by atoms with Gasteiger partial charge in [-0.2, -0.15) is 4.37 Å². The topological polar surface area (TPSA) is 101 Å². The minimum absolute atomic E-state index is 0.0163. The third-order valence-electron chi connectivity index (χ3n) is 3.28. The fourth-order valence-electron chi connectivity index (χ4n) is 2.01. The van der Waals surface area contributed by atoms with Gasteiger partial charge in [-0.1, -0.05) is 37.7 Å². The zero-order valence-electron chi connectivity index (χ0n) is 14.7. The number of carboxylic acid groups (broad SMARTS) is 1. The first-order chi connectivity index (χ1) is 12.4. The molecule has 3 N–H and O–H groups in total. The highest BCUT2D eigenvalue weighted by molar-refractivity contribution is 7.98. The monoisotopic (exact) mass is 395 g/mol. The molecule has 7 nitrogen and oxygen atoms in total. The number of aromatic nitrogens is 1. The van der Waals surface area contributed by atoms with E-state index in [2.05, 4.69) is 15.0 Å². The number of anilines is 1. The van der Waals surface area contributed by atoms with Crippen LogP contribution in [0.2, 0.25) is 0 Å². The molecule has 26 heavy (non-hydrogen) atoms. The molecule has 0 unspecified atom stereocenters. The van der Waals surface area contributed by atoms with Crippen LogP contribution in [0.15, 0.2) is 29.3 Å². The predicted molar refractivity (Wildman–Crippen MR) is 103 cm³/mol. The molecule has 0 aliphatic rings. The maximum absolute atomic E-state index is 11.9. The van der Waals surface area contributed by atoms with E-state index in [1.54, 1.807) is 7.11 Å². The Morgan fingerprint density at radius 1 is 1.38 bits per heavy atom. The molecule has 2 amide bonds. The number of thioether (sulfide) groups is 1. The van der Waals surface area contributed by atoms with Crippen LogP contribution < -0.4 is 15.4 Å². The quantitative estimate of drug-likeness (QED) is 0.586. The Morgan fingerprint density at radius 2 is 2.15 bits per heavy atom. The van der Waals surface area contributed by atoms with E-state index in [0.29, 0.717) is 23.2 Å². The number of carboxylic acids is 1. The van der Waals surface area contributed by atoms with E-state index >= 15 is 0 Å². The Labute approximate surface area is 160 Å². The number of urea groups is 1. The summed E-state index contributed by atoms with van der Waals surface area (Å²) in [6.07, 6.45) is 0. The van der Waals surface area contributed by atoms with Crippen LogP contribution >= 0.6 is 23.3 Å². The molecule has 1 heterocycles. The summed E-state index contributed by atoms with van der Waals surface area (Å²) in [6.45, 7) is 4.45. The molecular weight excluding hydrogens is 374 g/mol. The number of aromatic carboxylic acids is 1. The Kier molecular flexibility index (Phi) is 7.28. The molecular formula is C17H21N3O4S2. The van der Waals surface area contributed by atoms with Crippen molar-refractivity contribution in [1.29, 1.82) is 0 Å². The second-order valence-corrected chi connectivity index (χ2v) is 7.60. The first-order valence-corrected chi connectivity index (χ1v) is 9.70. The van der Waals surface area contributed by atoms with E-state index in [4.69, 9.17) is 4.74 Å². The first kappa shape index (κ1) is 20.1. The molecule has 0 saturated carbocycles. The van der Waals surface area contributed by atoms with E-state index in [9.17, 15) is 14.7 Å². The van der Waals surface area contributed by atoms with Gasteiger partial charge in [0.15, 0.2) is 0 Å². The van der Waals surface area contributed by atoms with Crippen LogP contribution in [0.1, 0.15) is 29.8 Å². The lowest BCUT2D eigenvalue weighted by atomic mass is 10.2. The zero-order chi connectivity index (χ0) is 19.1. The van der Waals surface area contributed by atoms with Crippen molar-refractivity contribution in [2.75, 3.05) is 19.0 Å². The maximum Gasteiger partial charge on any atom is 0.341 e. The highest BCUT2D eigenvalue weighted by atomic mass is 32.2. The summed E-state index contributed by atoms with van der Waals surface area (Å²) >= 11 is 2.27. The van der Waals surface area contributed by atoms with Gasteiger partial charge in [0.25, 0.3) is 0 Å². The molecule has 1 aromatic heterocycles. The number of benzene rings is 1. The van der Waals surface area contributed by atoms with Crippen molar-refractivity contribution >= 4 is 40.3 Å². The Morgan fingerprint density at radius 3 is 2.81 bits per heavy atom. The average molecular weight is 396 g/mol. The van der Waals surface area contributed by atoms with Crippen molar-refractivity contribution in [2.45, 2.75) is 24.6 Å². The molecule has 2 rings (SSSR count). The number of carbonyl (C=O) groups excluding carboxylic acids is 1. The van der Waals surface area contributed by atoms with Crippen molar-refractivity contribution < 1.29 is 19.4 Å². The van der Waals surface area contributed by atoms with Gasteiger partial charge in [0.2, 0.25) is 0 Å². The minimum atomic E-state index is -1.12. The van der Waals surface area contributed by atoms with Gasteiger partial charge in [-0.25, -0.2) is 9.59 Å². The maximum atomic E-state index is 11.9. The number of nitrogens with zero attached hydrogens (tertiary/aromatic N) is 1. The van der Waals surface area contributed by atoms with Crippen LogP contribution in [-0.4, -0.2) is 35.1 Å². The molecule has 2 aromatic rings. The lowest BCUT2D eigenvalue weighted by molar-refractivity contribution is 0.0694. The molecule has 1 aromatic carbocycles. The van der Waals surface area contributed by atoms with Crippen molar-refractivity contribution in [1.82, 2.24) is 9.69 Å². The lowest BCUT2D eigenvalue weighted by Crippen LogP contribution is -2.31. The van der Waals surface area contributed by atoms with Crippen molar-refractivity contribution in [3.8, 4) is 5.75 Å². The molecule has 0 aliphatic carbocycles. The van der Waals surface area contributed by atoms with E-state index < -0.39 is 12.0 Å². The van der Waals surface area contributed by atoms with E-state index in [-0.39, 0.29) is 10.6 Å². The molecule has 0 fully saturated rings. The largest absolute Gasteiger partial charge is 0.497 e. The summed E-state index contributed by atoms with van der Waals surface area (Å²) in [5.74, 6) is 0.463. The fraction of sp³-hybridized carbons (Fsp3) is 0.353. The van der Waals surface area contributed by atoms with Crippen LogP contribution in [-0.2, 0) is 5.75 Å². The lowest BCUT2D eigenvalue weighted by Gasteiger charge is -2.08. The normalized spacial score (nSPS) is 10.6. The molecule has 0 radical (unpaired) electrons. The second-order valence-electron chi connectivity index (χ2n) is 5.87. The van der Waals surface area contributed by atoms with E-state index in [0.717, 1.165) is 22.8 Å². The van der Waals surface area contributed by atoms with Crippen LogP contribution in [0, 0.1) is 5.92 Å². The fourth-order valence-corrected chi connectivity index (χ4v) is 3.89. The van der Waals surface area contributed by atoms with Gasteiger partial charge < -0.3 is 15.2 Å². The molecule has 0 atom stereocenters. The molecule has 9 heteroatoms. The van der Waals surface area contributed by atoms with Crippen molar-refractivity contribution in [3.63, 3.8) is 0 Å². The van der Waals surface area contributed by atoms with Crippen LogP contribution in [0.3, 0.4) is 0 Å². The Balaban J connectivity index is 2.08. The summed E-state index contributed by atoms with van der Waals surface area (Å²) in [5, 5.41) is 15.4. The number of ether oxygens (including phenoxy) is 1. The number of nitrogens with one attached hydrogen (secondary N) is 2. The van der Waals surface area contributed by atoms with Crippen LogP contribution in [0.5, 0.6) is 5.75 Å². The standard InChI is InChI=1S/C17H21N3O4S2/c1-10(2)8-18-17(23)19-14-13(16(21)22)15(20-26-14)25-9-11-5-4-6-12(7-11)24-3/h4-7,10H,8-9H2,1-3H3,(H,21,22)(H2,18,19,23). The third-order valence-corrected chi connectivity index (χ3v) is 5.21. The van der Waals surface area contributed by atoms with E-state index in [1.165, 1.54) is 11.8 Å². The Bertz CT molecular complexity index is 777. The van der Waals surface area contributed by atoms with Gasteiger partial charge in [-0.3, -0.25) is 5.32 Å². The van der Waals surface area contributed by atoms with Gasteiger partial charge >= 0.3 is 12.0 Å². The molecule has 0 bridgehead atoms. The SMILES string of the molecule is COc1cccc(CSc2nsc(NC(=O)NCC(C)C)c2C(=O)O)c1. The van der Waals surface area contributed by atoms with Gasteiger partial charge in [0, 0.05) is 12.3 Å². The molecule has 0 saturated heterocycles. The number of methoxy groups -OCH3 is 1. The summed E-state index contributed by atoms with van der Waals surface area (Å²) in [7, 11) is 1.59. The van der Waals surface area contributed by atoms with E-state index in [1.807, 2.05) is 38.1 Å². The second kappa shape index (κ2) is 9.44. The van der Waals surface area contributed by atoms with Crippen molar-refractivity contribution in [2.24, 2.45) is 5.92 Å². The first-order valence-electron chi connectivity index (χ1n) is 7.94. The summed E-state index contributed by atoms with van der Waals surface area (Å²) in [4.78, 5) is 23.5. The van der Waals surface area contributed by atoms with Gasteiger partial charge in [0.1, 0.15) is 21.3 Å². The van der Waals surface area contributed by atoms with Crippen molar-refractivity contribution in [3.05, 3.63) is 35.4 Å². The van der Waals surface area contributed by atoms with Crippen LogP contribution in [0.4, 0.5) is 9.80 Å². The highest BCUT2D eigenvalue weighted by Crippen LogP contribution is 2.34. The predicted octanol–water partition coefficient (Wildman–Crippen LogP) is 3.92. The van der Waals surface area contributed by atoms with Gasteiger partial charge in [-0.15, -0.1) is 0 Å². The summed E-state index contributed by atoms with van der Waals surface area (Å²) < 4.78 is 9.38. The molecule has 0 spiro atoms. The highest BCUT2D eigenvalue weighted by Gasteiger charge is 2.22. The van der Waals surface area contributed by atoms with Gasteiger partial charge in [0.05, 0.1) is 7.11 Å². The number of hydrogen-bond donors (Lipinski definition) is 3.